The van der Waals surface area contributed by atoms with E-state index >= 15 is 0 Å². The van der Waals surface area contributed by atoms with E-state index in [9.17, 15) is 9.59 Å². The fraction of sp³-hybridized carbons (Fsp3) is 0.111. The van der Waals surface area contributed by atoms with Crippen molar-refractivity contribution in [3.8, 4) is 0 Å². The lowest BCUT2D eigenvalue weighted by atomic mass is 10.0. The summed E-state index contributed by atoms with van der Waals surface area (Å²) in [5.41, 5.74) is 7.06. The Kier molecular flexibility index (Phi) is 5.65. The van der Waals surface area contributed by atoms with Gasteiger partial charge in [-0.25, -0.2) is 0 Å². The molecule has 0 aliphatic rings. The number of anilines is 2. The van der Waals surface area contributed by atoms with Crippen molar-refractivity contribution in [1.29, 1.82) is 0 Å². The summed E-state index contributed by atoms with van der Waals surface area (Å²) in [4.78, 5) is 25.2. The molecule has 1 aromatic heterocycles. The highest BCUT2D eigenvalue weighted by atomic mass is 32.2. The van der Waals surface area contributed by atoms with E-state index in [4.69, 9.17) is 5.73 Å². The van der Waals surface area contributed by atoms with Crippen molar-refractivity contribution >= 4 is 45.6 Å². The average molecular weight is 384 g/mol. The monoisotopic (exact) mass is 384 g/mol. The first-order chi connectivity index (χ1) is 12.5. The number of hydrogen-bond acceptors (Lipinski definition) is 7. The molecule has 0 fully saturated rings. The molecule has 3 rings (SSSR count). The molecule has 0 bridgehead atoms. The van der Waals surface area contributed by atoms with Gasteiger partial charge in [-0.1, -0.05) is 65.6 Å². The van der Waals surface area contributed by atoms with E-state index in [0.717, 1.165) is 0 Å². The molecule has 0 unspecified atom stereocenters. The minimum atomic E-state index is -0.415. The Labute approximate surface area is 158 Å². The molecule has 0 radical (unpaired) electrons. The number of thioether (sulfide) groups is 1. The molecule has 0 saturated heterocycles. The predicted octanol–water partition coefficient (Wildman–Crippen LogP) is 3.47. The number of benzene rings is 2. The number of nitrogens with two attached hydrogens (primary N) is 1. The molecule has 0 saturated carbocycles. The highest BCUT2D eigenvalue weighted by molar-refractivity contribution is 8.02. The van der Waals surface area contributed by atoms with Gasteiger partial charge in [0.25, 0.3) is 0 Å². The van der Waals surface area contributed by atoms with Crippen LogP contribution in [0.1, 0.15) is 22.8 Å². The predicted molar refractivity (Wildman–Crippen MR) is 105 cm³/mol. The van der Waals surface area contributed by atoms with Crippen LogP contribution in [0.5, 0.6) is 0 Å². The molecule has 1 atom stereocenters. The van der Waals surface area contributed by atoms with Crippen LogP contribution in [0.25, 0.3) is 0 Å². The van der Waals surface area contributed by atoms with Crippen LogP contribution in [0.2, 0.25) is 0 Å². The van der Waals surface area contributed by atoms with E-state index in [1.807, 2.05) is 6.07 Å². The van der Waals surface area contributed by atoms with Crippen molar-refractivity contribution in [2.45, 2.75) is 16.5 Å². The van der Waals surface area contributed by atoms with Gasteiger partial charge in [-0.3, -0.25) is 9.59 Å². The Morgan fingerprint density at radius 2 is 1.77 bits per heavy atom. The second-order valence-electron chi connectivity index (χ2n) is 5.40. The highest BCUT2D eigenvalue weighted by Gasteiger charge is 2.20. The number of nitrogen functional groups attached to an aromatic ring is 1. The van der Waals surface area contributed by atoms with E-state index in [0.29, 0.717) is 26.3 Å². The molecule has 1 heterocycles. The number of aromatic nitrogens is 2. The summed E-state index contributed by atoms with van der Waals surface area (Å²) < 4.78 is 0.624. The fourth-order valence-corrected chi connectivity index (χ4v) is 4.02. The van der Waals surface area contributed by atoms with E-state index in [1.54, 1.807) is 55.5 Å². The van der Waals surface area contributed by atoms with Gasteiger partial charge < -0.3 is 11.1 Å². The van der Waals surface area contributed by atoms with Gasteiger partial charge in [-0.05, 0) is 19.1 Å². The molecule has 1 amide bonds. The smallest absolute Gasteiger partial charge is 0.237 e. The fourth-order valence-electron chi connectivity index (χ4n) is 2.24. The molecule has 3 aromatic rings. The molecule has 0 spiro atoms. The molecule has 6 nitrogen and oxygen atoms in total. The maximum absolute atomic E-state index is 12.7. The minimum absolute atomic E-state index is 0.140. The normalized spacial score (nSPS) is 11.7. The number of ketones is 1. The van der Waals surface area contributed by atoms with Crippen LogP contribution < -0.4 is 11.1 Å². The second-order valence-corrected chi connectivity index (χ2v) is 7.99. The Bertz CT molecular complexity index is 928. The number of hydrogen-bond donors (Lipinski definition) is 2. The third kappa shape index (κ3) is 4.27. The Morgan fingerprint density at radius 1 is 1.08 bits per heavy atom. The zero-order valence-corrected chi connectivity index (χ0v) is 15.5. The number of carbonyl (C=O) groups is 2. The lowest BCUT2D eigenvalue weighted by Gasteiger charge is -2.13. The number of amides is 1. The summed E-state index contributed by atoms with van der Waals surface area (Å²) in [6.45, 7) is 1.76. The van der Waals surface area contributed by atoms with Gasteiger partial charge in [0, 0.05) is 11.1 Å². The second kappa shape index (κ2) is 8.11. The molecule has 8 heteroatoms. The van der Waals surface area contributed by atoms with Crippen molar-refractivity contribution in [3.05, 3.63) is 65.7 Å². The van der Waals surface area contributed by atoms with E-state index < -0.39 is 5.25 Å². The van der Waals surface area contributed by atoms with Crippen molar-refractivity contribution < 1.29 is 9.59 Å². The number of nitrogens with zero attached hydrogens (tertiary/aromatic N) is 2. The first kappa shape index (κ1) is 18.1. The topological polar surface area (TPSA) is 98.0 Å². The molecule has 26 heavy (non-hydrogen) atoms. The standard InChI is InChI=1S/C18H16N4O2S2/c1-11(25-18-22-21-17(19)26-18)16(24)20-14-10-6-5-9-13(14)15(23)12-7-3-2-4-8-12/h2-11H,1H3,(H2,19,21)(H,20,24)/t11-/m0/s1. The number of nitrogens with one attached hydrogen (secondary N) is 1. The minimum Gasteiger partial charge on any atom is -0.374 e. The maximum Gasteiger partial charge on any atom is 0.237 e. The van der Waals surface area contributed by atoms with Crippen LogP contribution in [0.4, 0.5) is 10.8 Å². The molecule has 2 aromatic carbocycles. The van der Waals surface area contributed by atoms with Crippen molar-refractivity contribution in [1.82, 2.24) is 10.2 Å². The van der Waals surface area contributed by atoms with Crippen molar-refractivity contribution in [2.75, 3.05) is 11.1 Å². The average Bonchev–Trinajstić information content (AvgIpc) is 3.07. The number of para-hydroxylation sites is 1. The lowest BCUT2D eigenvalue weighted by Crippen LogP contribution is -2.23. The Hall–Kier alpha value is -2.71. The summed E-state index contributed by atoms with van der Waals surface area (Å²) >= 11 is 2.50. The SMILES string of the molecule is C[C@H](Sc1nnc(N)s1)C(=O)Nc1ccccc1C(=O)c1ccccc1. The number of carbonyl (C=O) groups excluding carboxylic acids is 2. The van der Waals surface area contributed by atoms with E-state index in [1.165, 1.54) is 23.1 Å². The van der Waals surface area contributed by atoms with Gasteiger partial charge in [-0.2, -0.15) is 0 Å². The van der Waals surface area contributed by atoms with E-state index in [-0.39, 0.29) is 11.7 Å². The molecule has 0 aliphatic carbocycles. The third-order valence-electron chi connectivity index (χ3n) is 3.53. The van der Waals surface area contributed by atoms with Crippen LogP contribution >= 0.6 is 23.1 Å². The van der Waals surface area contributed by atoms with Crippen LogP contribution in [0.3, 0.4) is 0 Å². The maximum atomic E-state index is 12.7. The zero-order chi connectivity index (χ0) is 18.5. The van der Waals surface area contributed by atoms with Crippen molar-refractivity contribution in [2.24, 2.45) is 0 Å². The van der Waals surface area contributed by atoms with Crippen LogP contribution in [0, 0.1) is 0 Å². The molecule has 0 aliphatic heterocycles. The van der Waals surface area contributed by atoms with Crippen LogP contribution in [-0.4, -0.2) is 27.1 Å². The van der Waals surface area contributed by atoms with Gasteiger partial charge >= 0.3 is 0 Å². The van der Waals surface area contributed by atoms with Crippen molar-refractivity contribution in [3.63, 3.8) is 0 Å². The molecular formula is C18H16N4O2S2. The van der Waals surface area contributed by atoms with Gasteiger partial charge in [0.05, 0.1) is 10.9 Å². The molecule has 3 N–H and O–H groups in total. The summed E-state index contributed by atoms with van der Waals surface area (Å²) in [6.07, 6.45) is 0. The van der Waals surface area contributed by atoms with Gasteiger partial charge in [0.1, 0.15) is 0 Å². The summed E-state index contributed by atoms with van der Waals surface area (Å²) in [6, 6.07) is 15.9. The molecular weight excluding hydrogens is 368 g/mol. The van der Waals surface area contributed by atoms with Gasteiger partial charge in [-0.15, -0.1) is 10.2 Å². The summed E-state index contributed by atoms with van der Waals surface area (Å²) in [7, 11) is 0. The Balaban J connectivity index is 1.75. The summed E-state index contributed by atoms with van der Waals surface area (Å²) in [5.74, 6) is -0.365. The van der Waals surface area contributed by atoms with Gasteiger partial charge in [0.15, 0.2) is 10.1 Å². The van der Waals surface area contributed by atoms with E-state index in [2.05, 4.69) is 15.5 Å². The lowest BCUT2D eigenvalue weighted by molar-refractivity contribution is -0.115. The molecule has 132 valence electrons. The highest BCUT2D eigenvalue weighted by Crippen LogP contribution is 2.28. The van der Waals surface area contributed by atoms with Gasteiger partial charge in [0.2, 0.25) is 11.0 Å². The summed E-state index contributed by atoms with van der Waals surface area (Å²) in [5, 5.41) is 10.4. The first-order valence-corrected chi connectivity index (χ1v) is 9.49. The van der Waals surface area contributed by atoms with Crippen LogP contribution in [-0.2, 0) is 4.79 Å². The third-order valence-corrected chi connectivity index (χ3v) is 5.47. The number of rotatable bonds is 6. The zero-order valence-electron chi connectivity index (χ0n) is 13.9. The first-order valence-electron chi connectivity index (χ1n) is 7.80. The largest absolute Gasteiger partial charge is 0.374 e. The Morgan fingerprint density at radius 3 is 2.46 bits per heavy atom. The van der Waals surface area contributed by atoms with Crippen LogP contribution in [0.15, 0.2) is 58.9 Å². The quantitative estimate of drug-likeness (QED) is 0.499.